The average molecular weight is 231 g/mol. The summed E-state index contributed by atoms with van der Waals surface area (Å²) < 4.78 is 30.6. The van der Waals surface area contributed by atoms with Crippen LogP contribution in [0.2, 0.25) is 0 Å². The molecule has 0 bridgehead atoms. The molecular formula is C8H18NNaO3S. The molecule has 0 saturated heterocycles. The van der Waals surface area contributed by atoms with Gasteiger partial charge in [-0.05, 0) is 32.4 Å². The fourth-order valence-corrected chi connectivity index (χ4v) is 1.51. The van der Waals surface area contributed by atoms with E-state index in [1.807, 2.05) is 0 Å². The van der Waals surface area contributed by atoms with Gasteiger partial charge in [0.05, 0.1) is 10.1 Å². The smallest absolute Gasteiger partial charge is 0.748 e. The van der Waals surface area contributed by atoms with Crippen LogP contribution in [0.5, 0.6) is 0 Å². The molecule has 0 atom stereocenters. The molecule has 0 radical (unpaired) electrons. The van der Waals surface area contributed by atoms with E-state index in [4.69, 9.17) is 0 Å². The molecule has 0 aromatic carbocycles. The Balaban J connectivity index is 0. The second-order valence-electron chi connectivity index (χ2n) is 3.07. The van der Waals surface area contributed by atoms with Gasteiger partial charge in [0.15, 0.2) is 0 Å². The molecule has 80 valence electrons. The van der Waals surface area contributed by atoms with Gasteiger partial charge in [0.2, 0.25) is 0 Å². The third-order valence-corrected chi connectivity index (χ3v) is 2.49. The maximum Gasteiger partial charge on any atom is 1.00 e. The van der Waals surface area contributed by atoms with Crippen LogP contribution in [0, 0.1) is 0 Å². The zero-order valence-electron chi connectivity index (χ0n) is 9.08. The molecule has 14 heavy (non-hydrogen) atoms. The summed E-state index contributed by atoms with van der Waals surface area (Å²) in [4.78, 5) is 0. The zero-order chi connectivity index (χ0) is 10.2. The Labute approximate surface area is 109 Å². The molecule has 0 aromatic heterocycles. The van der Waals surface area contributed by atoms with Crippen molar-refractivity contribution in [1.82, 2.24) is 5.32 Å². The van der Waals surface area contributed by atoms with Crippen molar-refractivity contribution in [3.05, 3.63) is 0 Å². The van der Waals surface area contributed by atoms with Crippen LogP contribution in [0.1, 0.15) is 32.6 Å². The maximum absolute atomic E-state index is 10.2. The maximum atomic E-state index is 10.2. The van der Waals surface area contributed by atoms with Crippen molar-refractivity contribution in [2.75, 3.05) is 18.8 Å². The number of hydrogen-bond donors (Lipinski definition) is 1. The van der Waals surface area contributed by atoms with Crippen molar-refractivity contribution in [3.63, 3.8) is 0 Å². The molecule has 0 aromatic rings. The summed E-state index contributed by atoms with van der Waals surface area (Å²) in [6.07, 6.45) is 3.51. The first-order chi connectivity index (χ1) is 6.06. The largest absolute Gasteiger partial charge is 1.00 e. The van der Waals surface area contributed by atoms with Gasteiger partial charge < -0.3 is 9.87 Å². The van der Waals surface area contributed by atoms with Crippen LogP contribution in [0.4, 0.5) is 0 Å². The summed E-state index contributed by atoms with van der Waals surface area (Å²) in [5, 5.41) is 3.18. The van der Waals surface area contributed by atoms with Crippen LogP contribution in [-0.4, -0.2) is 31.8 Å². The Kier molecular flexibility index (Phi) is 12.8. The van der Waals surface area contributed by atoms with Crippen LogP contribution in [-0.2, 0) is 10.1 Å². The van der Waals surface area contributed by atoms with Gasteiger partial charge in [-0.3, -0.25) is 0 Å². The number of rotatable bonds is 8. The molecule has 0 spiro atoms. The molecule has 0 rings (SSSR count). The molecule has 0 heterocycles. The van der Waals surface area contributed by atoms with Crippen LogP contribution in [0.25, 0.3) is 0 Å². The second-order valence-corrected chi connectivity index (χ2v) is 4.60. The first-order valence-electron chi connectivity index (χ1n) is 4.70. The van der Waals surface area contributed by atoms with E-state index < -0.39 is 10.1 Å². The first-order valence-corrected chi connectivity index (χ1v) is 6.28. The van der Waals surface area contributed by atoms with E-state index in [1.165, 1.54) is 0 Å². The standard InChI is InChI=1S/C8H19NO3S.Na/c1-2-3-6-9-7-4-5-8-13(10,11)12;/h9H,2-8H2,1H3,(H,10,11,12);/q;+1/p-1. The summed E-state index contributed by atoms with van der Waals surface area (Å²) >= 11 is 0. The van der Waals surface area contributed by atoms with Gasteiger partial charge in [0.25, 0.3) is 0 Å². The van der Waals surface area contributed by atoms with Crippen molar-refractivity contribution < 1.29 is 42.5 Å². The van der Waals surface area contributed by atoms with Crippen LogP contribution in [0.3, 0.4) is 0 Å². The molecule has 0 aliphatic rings. The van der Waals surface area contributed by atoms with Crippen LogP contribution >= 0.6 is 0 Å². The van der Waals surface area contributed by atoms with Crippen molar-refractivity contribution in [3.8, 4) is 0 Å². The minimum atomic E-state index is -4.00. The summed E-state index contributed by atoms with van der Waals surface area (Å²) in [6.45, 7) is 3.89. The van der Waals surface area contributed by atoms with Crippen molar-refractivity contribution in [1.29, 1.82) is 0 Å². The number of unbranched alkanes of at least 4 members (excludes halogenated alkanes) is 2. The summed E-state index contributed by atoms with van der Waals surface area (Å²) in [6, 6.07) is 0. The third-order valence-electron chi connectivity index (χ3n) is 1.70. The van der Waals surface area contributed by atoms with Crippen molar-refractivity contribution in [2.45, 2.75) is 32.6 Å². The topological polar surface area (TPSA) is 69.2 Å². The fourth-order valence-electron chi connectivity index (χ4n) is 0.956. The fraction of sp³-hybridized carbons (Fsp3) is 1.00. The van der Waals surface area contributed by atoms with Crippen molar-refractivity contribution >= 4 is 10.1 Å². The Bertz CT molecular complexity index is 207. The molecule has 4 nitrogen and oxygen atoms in total. The van der Waals surface area contributed by atoms with E-state index in [9.17, 15) is 13.0 Å². The predicted molar refractivity (Wildman–Crippen MR) is 51.6 cm³/mol. The normalized spacial score (nSPS) is 11.0. The molecule has 0 unspecified atom stereocenters. The van der Waals surface area contributed by atoms with E-state index in [1.54, 1.807) is 0 Å². The SMILES string of the molecule is CCCCNCCCCS(=O)(=O)[O-].[Na+]. The second kappa shape index (κ2) is 10.4. The first kappa shape index (κ1) is 17.3. The molecule has 0 saturated carbocycles. The van der Waals surface area contributed by atoms with E-state index in [2.05, 4.69) is 12.2 Å². The van der Waals surface area contributed by atoms with E-state index in [0.29, 0.717) is 6.42 Å². The Morgan fingerprint density at radius 3 is 2.21 bits per heavy atom. The summed E-state index contributed by atoms with van der Waals surface area (Å²) in [5.41, 5.74) is 0. The third kappa shape index (κ3) is 15.3. The average Bonchev–Trinajstić information content (AvgIpc) is 2.01. The van der Waals surface area contributed by atoms with Gasteiger partial charge in [-0.25, -0.2) is 8.42 Å². The number of hydrogen-bond acceptors (Lipinski definition) is 4. The molecule has 0 aliphatic carbocycles. The molecule has 0 amide bonds. The Hall–Kier alpha value is 0.870. The quantitative estimate of drug-likeness (QED) is 0.290. The minimum Gasteiger partial charge on any atom is -0.748 e. The summed E-state index contributed by atoms with van der Waals surface area (Å²) in [5.74, 6) is -0.234. The van der Waals surface area contributed by atoms with Crippen molar-refractivity contribution in [2.24, 2.45) is 0 Å². The van der Waals surface area contributed by atoms with E-state index >= 15 is 0 Å². The van der Waals surface area contributed by atoms with Gasteiger partial charge in [-0.1, -0.05) is 13.3 Å². The van der Waals surface area contributed by atoms with E-state index in [-0.39, 0.29) is 35.3 Å². The molecular weight excluding hydrogens is 213 g/mol. The molecule has 6 heteroatoms. The summed E-state index contributed by atoms with van der Waals surface area (Å²) in [7, 11) is -4.00. The van der Waals surface area contributed by atoms with Gasteiger partial charge >= 0.3 is 29.6 Å². The predicted octanol–water partition coefficient (Wildman–Crippen LogP) is -2.29. The van der Waals surface area contributed by atoms with Gasteiger partial charge in [0, 0.05) is 5.75 Å². The van der Waals surface area contributed by atoms with Crippen LogP contribution in [0.15, 0.2) is 0 Å². The van der Waals surface area contributed by atoms with Gasteiger partial charge in [-0.2, -0.15) is 0 Å². The Morgan fingerprint density at radius 1 is 1.14 bits per heavy atom. The van der Waals surface area contributed by atoms with Gasteiger partial charge in [0.1, 0.15) is 0 Å². The Morgan fingerprint density at radius 2 is 1.71 bits per heavy atom. The molecule has 1 N–H and O–H groups in total. The molecule has 0 aliphatic heterocycles. The number of nitrogens with one attached hydrogen (secondary N) is 1. The minimum absolute atomic E-state index is 0. The molecule has 0 fully saturated rings. The monoisotopic (exact) mass is 231 g/mol. The van der Waals surface area contributed by atoms with Gasteiger partial charge in [-0.15, -0.1) is 0 Å². The van der Waals surface area contributed by atoms with Crippen LogP contribution < -0.4 is 34.9 Å². The van der Waals surface area contributed by atoms with E-state index in [0.717, 1.165) is 32.4 Å². The zero-order valence-corrected chi connectivity index (χ0v) is 11.9.